The fraction of sp³-hybridized carbons (Fsp3) is 0.400. The molecule has 19 heavy (non-hydrogen) atoms. The minimum Gasteiger partial charge on any atom is -0.314 e. The van der Waals surface area contributed by atoms with Crippen LogP contribution in [0, 0.1) is 10.1 Å². The molecular formula is C10H14ClN3O4S. The summed E-state index contributed by atoms with van der Waals surface area (Å²) in [5, 5.41) is 13.9. The molecule has 7 nitrogen and oxygen atoms in total. The van der Waals surface area contributed by atoms with Gasteiger partial charge >= 0.3 is 0 Å². The molecule has 1 saturated heterocycles. The first-order valence-electron chi connectivity index (χ1n) is 5.48. The molecule has 1 heterocycles. The summed E-state index contributed by atoms with van der Waals surface area (Å²) >= 11 is 0. The van der Waals surface area contributed by atoms with Gasteiger partial charge in [0, 0.05) is 32.2 Å². The monoisotopic (exact) mass is 307 g/mol. The lowest BCUT2D eigenvalue weighted by atomic mass is 10.3. The molecule has 0 unspecified atom stereocenters. The summed E-state index contributed by atoms with van der Waals surface area (Å²) < 4.78 is 25.9. The number of hydrogen-bond acceptors (Lipinski definition) is 5. The molecule has 0 saturated carbocycles. The Hall–Kier alpha value is -1.22. The first-order valence-corrected chi connectivity index (χ1v) is 6.92. The predicted octanol–water partition coefficient (Wildman–Crippen LogP) is 0.610. The van der Waals surface area contributed by atoms with Crippen LogP contribution in [-0.4, -0.2) is 43.8 Å². The lowest BCUT2D eigenvalue weighted by Gasteiger charge is -2.26. The Labute approximate surface area is 117 Å². The fourth-order valence-electron chi connectivity index (χ4n) is 1.85. The number of hydrogen-bond donors (Lipinski definition) is 1. The highest BCUT2D eigenvalue weighted by atomic mass is 35.5. The zero-order valence-corrected chi connectivity index (χ0v) is 11.6. The number of nitro groups is 1. The second-order valence-electron chi connectivity index (χ2n) is 3.88. The Balaban J connectivity index is 0.00000180. The van der Waals surface area contributed by atoms with E-state index in [4.69, 9.17) is 0 Å². The third-order valence-corrected chi connectivity index (χ3v) is 4.70. The van der Waals surface area contributed by atoms with E-state index in [0.29, 0.717) is 26.2 Å². The van der Waals surface area contributed by atoms with Crippen LogP contribution in [0.15, 0.2) is 29.2 Å². The van der Waals surface area contributed by atoms with Crippen molar-refractivity contribution in [1.82, 2.24) is 9.62 Å². The van der Waals surface area contributed by atoms with Crippen molar-refractivity contribution in [2.75, 3.05) is 26.2 Å². The van der Waals surface area contributed by atoms with Crippen molar-refractivity contribution in [3.63, 3.8) is 0 Å². The van der Waals surface area contributed by atoms with Crippen molar-refractivity contribution in [2.24, 2.45) is 0 Å². The second kappa shape index (κ2) is 6.29. The molecule has 106 valence electrons. The van der Waals surface area contributed by atoms with E-state index in [2.05, 4.69) is 5.32 Å². The summed E-state index contributed by atoms with van der Waals surface area (Å²) in [6.45, 7) is 1.77. The lowest BCUT2D eigenvalue weighted by molar-refractivity contribution is -0.387. The Morgan fingerprint density at radius 2 is 1.79 bits per heavy atom. The van der Waals surface area contributed by atoms with Crippen LogP contribution < -0.4 is 5.32 Å². The molecule has 9 heteroatoms. The molecule has 2 rings (SSSR count). The number of nitro benzene ring substituents is 1. The molecular weight excluding hydrogens is 294 g/mol. The van der Waals surface area contributed by atoms with Crippen LogP contribution >= 0.6 is 12.4 Å². The van der Waals surface area contributed by atoms with E-state index in [-0.39, 0.29) is 23.0 Å². The van der Waals surface area contributed by atoms with Gasteiger partial charge < -0.3 is 5.32 Å². The molecule has 0 amide bonds. The zero-order valence-electron chi connectivity index (χ0n) is 9.98. The summed E-state index contributed by atoms with van der Waals surface area (Å²) in [5.74, 6) is 0. The molecule has 1 fully saturated rings. The van der Waals surface area contributed by atoms with Gasteiger partial charge in [-0.3, -0.25) is 10.1 Å². The summed E-state index contributed by atoms with van der Waals surface area (Å²) in [4.78, 5) is 9.95. The van der Waals surface area contributed by atoms with Gasteiger partial charge in [0.25, 0.3) is 5.69 Å². The number of sulfonamides is 1. The van der Waals surface area contributed by atoms with E-state index in [0.717, 1.165) is 0 Å². The highest BCUT2D eigenvalue weighted by molar-refractivity contribution is 7.89. The number of nitrogens with zero attached hydrogens (tertiary/aromatic N) is 2. The van der Waals surface area contributed by atoms with E-state index in [1.54, 1.807) is 0 Å². The van der Waals surface area contributed by atoms with E-state index in [1.165, 1.54) is 28.6 Å². The molecule has 0 bridgehead atoms. The molecule has 1 aromatic rings. The average Bonchev–Trinajstić information content (AvgIpc) is 2.39. The van der Waals surface area contributed by atoms with E-state index in [1.807, 2.05) is 0 Å². The third-order valence-electron chi connectivity index (χ3n) is 2.76. The Kier molecular flexibility index (Phi) is 5.24. The minimum absolute atomic E-state index is 0. The number of benzene rings is 1. The highest BCUT2D eigenvalue weighted by Crippen LogP contribution is 2.26. The first kappa shape index (κ1) is 15.8. The lowest BCUT2D eigenvalue weighted by Crippen LogP contribution is -2.46. The van der Waals surface area contributed by atoms with Gasteiger partial charge in [0.1, 0.15) is 0 Å². The van der Waals surface area contributed by atoms with Crippen molar-refractivity contribution in [1.29, 1.82) is 0 Å². The molecule has 1 N–H and O–H groups in total. The van der Waals surface area contributed by atoms with Gasteiger partial charge in [0.05, 0.1) is 4.92 Å². The van der Waals surface area contributed by atoms with Gasteiger partial charge in [-0.2, -0.15) is 4.31 Å². The molecule has 0 spiro atoms. The summed E-state index contributed by atoms with van der Waals surface area (Å²) in [7, 11) is -3.79. The minimum atomic E-state index is -3.79. The second-order valence-corrected chi connectivity index (χ2v) is 5.79. The number of halogens is 1. The van der Waals surface area contributed by atoms with Crippen molar-refractivity contribution in [3.8, 4) is 0 Å². The van der Waals surface area contributed by atoms with E-state index >= 15 is 0 Å². The van der Waals surface area contributed by atoms with E-state index < -0.39 is 14.9 Å². The Morgan fingerprint density at radius 3 is 2.37 bits per heavy atom. The van der Waals surface area contributed by atoms with Crippen LogP contribution in [0.1, 0.15) is 0 Å². The smallest absolute Gasteiger partial charge is 0.289 e. The maximum atomic E-state index is 12.3. The van der Waals surface area contributed by atoms with Crippen molar-refractivity contribution >= 4 is 28.1 Å². The molecule has 1 aliphatic heterocycles. The normalized spacial score (nSPS) is 16.6. The van der Waals surface area contributed by atoms with Crippen LogP contribution in [0.4, 0.5) is 5.69 Å². The molecule has 0 radical (unpaired) electrons. The highest BCUT2D eigenvalue weighted by Gasteiger charge is 2.31. The number of piperazine rings is 1. The van der Waals surface area contributed by atoms with Crippen LogP contribution in [0.5, 0.6) is 0 Å². The van der Waals surface area contributed by atoms with Gasteiger partial charge in [0.2, 0.25) is 10.0 Å². The van der Waals surface area contributed by atoms with Gasteiger partial charge in [0.15, 0.2) is 4.90 Å². The van der Waals surface area contributed by atoms with Crippen molar-refractivity contribution in [3.05, 3.63) is 34.4 Å². The summed E-state index contributed by atoms with van der Waals surface area (Å²) in [6.07, 6.45) is 0. The van der Waals surface area contributed by atoms with Gasteiger partial charge in [-0.25, -0.2) is 8.42 Å². The number of nitrogens with one attached hydrogen (secondary N) is 1. The summed E-state index contributed by atoms with van der Waals surface area (Å²) in [5.41, 5.74) is -0.379. The Bertz CT molecular complexity index is 558. The van der Waals surface area contributed by atoms with Crippen LogP contribution in [-0.2, 0) is 10.0 Å². The quantitative estimate of drug-likeness (QED) is 0.652. The Morgan fingerprint density at radius 1 is 1.21 bits per heavy atom. The van der Waals surface area contributed by atoms with Crippen molar-refractivity contribution < 1.29 is 13.3 Å². The number of para-hydroxylation sites is 1. The van der Waals surface area contributed by atoms with E-state index in [9.17, 15) is 18.5 Å². The van der Waals surface area contributed by atoms with Crippen molar-refractivity contribution in [2.45, 2.75) is 4.90 Å². The fourth-order valence-corrected chi connectivity index (χ4v) is 3.45. The molecule has 0 atom stereocenters. The molecule has 0 aromatic heterocycles. The topological polar surface area (TPSA) is 92.5 Å². The van der Waals surface area contributed by atoms with Crippen LogP contribution in [0.25, 0.3) is 0 Å². The zero-order chi connectivity index (χ0) is 13.2. The van der Waals surface area contributed by atoms with Crippen LogP contribution in [0.3, 0.4) is 0 Å². The number of rotatable bonds is 3. The SMILES string of the molecule is Cl.O=[N+]([O-])c1ccccc1S(=O)(=O)N1CCNCC1. The van der Waals surface area contributed by atoms with Gasteiger partial charge in [-0.1, -0.05) is 12.1 Å². The average molecular weight is 308 g/mol. The molecule has 1 aliphatic rings. The summed E-state index contributed by atoms with van der Waals surface area (Å²) in [6, 6.07) is 5.42. The largest absolute Gasteiger partial charge is 0.314 e. The maximum Gasteiger partial charge on any atom is 0.289 e. The van der Waals surface area contributed by atoms with Crippen LogP contribution in [0.2, 0.25) is 0 Å². The molecule has 0 aliphatic carbocycles. The first-order chi connectivity index (χ1) is 8.53. The third kappa shape index (κ3) is 3.21. The molecule has 1 aromatic carbocycles. The standard InChI is InChI=1S/C10H13N3O4S.ClH/c14-13(15)9-3-1-2-4-10(9)18(16,17)12-7-5-11-6-8-12;/h1-4,11H,5-8H2;1H. The predicted molar refractivity (Wildman–Crippen MR) is 72.0 cm³/mol. The van der Waals surface area contributed by atoms with Gasteiger partial charge in [-0.05, 0) is 6.07 Å². The van der Waals surface area contributed by atoms with Gasteiger partial charge in [-0.15, -0.1) is 12.4 Å². The maximum absolute atomic E-state index is 12.3.